The molecule has 1 aromatic carbocycles. The molecule has 3 N–H and O–H groups in total. The van der Waals surface area contributed by atoms with Crippen molar-refractivity contribution in [3.63, 3.8) is 0 Å². The summed E-state index contributed by atoms with van der Waals surface area (Å²) in [7, 11) is 3.87. The molecule has 0 aromatic heterocycles. The first kappa shape index (κ1) is 15.4. The fourth-order valence-corrected chi connectivity index (χ4v) is 1.41. The minimum Gasteiger partial charge on any atom is -0.495 e. The molecular weight excluding hydrogens is 264 g/mol. The average molecular weight is 280 g/mol. The van der Waals surface area contributed by atoms with E-state index in [2.05, 4.69) is 14.8 Å². The summed E-state index contributed by atoms with van der Waals surface area (Å²) < 4.78 is 14.1. The lowest BCUT2D eigenvalue weighted by atomic mass is 10.2. The summed E-state index contributed by atoms with van der Waals surface area (Å²) in [5.41, 5.74) is 6.47. The van der Waals surface area contributed by atoms with Gasteiger partial charge in [0.25, 0.3) is 0 Å². The second-order valence-electron chi connectivity index (χ2n) is 3.62. The summed E-state index contributed by atoms with van der Waals surface area (Å²) in [5.74, 6) is -0.978. The Balaban J connectivity index is 3.11. The highest BCUT2D eigenvalue weighted by Crippen LogP contribution is 2.29. The molecule has 0 fully saturated rings. The summed E-state index contributed by atoms with van der Waals surface area (Å²) in [6, 6.07) is 4.98. The van der Waals surface area contributed by atoms with E-state index >= 15 is 0 Å². The van der Waals surface area contributed by atoms with Crippen molar-refractivity contribution in [3.8, 4) is 5.75 Å². The molecule has 0 spiro atoms. The number of para-hydroxylation sites is 1. The normalized spacial score (nSPS) is 10.7. The van der Waals surface area contributed by atoms with Crippen molar-refractivity contribution in [1.82, 2.24) is 0 Å². The Kier molecular flexibility index (Phi) is 5.40. The summed E-state index contributed by atoms with van der Waals surface area (Å²) in [4.78, 5) is 22.8. The first-order valence-corrected chi connectivity index (χ1v) is 5.61. The quantitative estimate of drug-likeness (QED) is 0.470. The number of nitrogen functional groups attached to an aromatic ring is 1. The van der Waals surface area contributed by atoms with Crippen molar-refractivity contribution < 1.29 is 23.8 Å². The standard InChI is InChI=1S/C13H16N2O5/c1-18-10-6-4-5-8(12(10)14)15-9(13(17)20-3)7-11(16)19-2/h4-7,15H,14H2,1-3H3/b9-7+. The molecule has 0 amide bonds. The number of esters is 2. The molecule has 20 heavy (non-hydrogen) atoms. The van der Waals surface area contributed by atoms with Gasteiger partial charge in [-0.2, -0.15) is 0 Å². The first-order chi connectivity index (χ1) is 9.53. The third-order valence-corrected chi connectivity index (χ3v) is 2.42. The number of rotatable bonds is 5. The van der Waals surface area contributed by atoms with Crippen LogP contribution in [0.15, 0.2) is 30.0 Å². The molecule has 108 valence electrons. The molecule has 1 rings (SSSR count). The zero-order valence-electron chi connectivity index (χ0n) is 11.4. The van der Waals surface area contributed by atoms with Crippen LogP contribution in [0.5, 0.6) is 5.75 Å². The Bertz CT molecular complexity index is 540. The summed E-state index contributed by atoms with van der Waals surface area (Å²) in [6.07, 6.45) is 0.977. The van der Waals surface area contributed by atoms with Crippen LogP contribution in [0.25, 0.3) is 0 Å². The lowest BCUT2D eigenvalue weighted by Crippen LogP contribution is -2.16. The number of carbonyl (C=O) groups excluding carboxylic acids is 2. The zero-order chi connectivity index (χ0) is 15.1. The van der Waals surface area contributed by atoms with Crippen LogP contribution in [-0.4, -0.2) is 33.3 Å². The van der Waals surface area contributed by atoms with Crippen molar-refractivity contribution in [3.05, 3.63) is 30.0 Å². The van der Waals surface area contributed by atoms with E-state index in [4.69, 9.17) is 10.5 Å². The number of hydrogen-bond acceptors (Lipinski definition) is 7. The minimum absolute atomic E-state index is 0.0979. The molecule has 1 aromatic rings. The van der Waals surface area contributed by atoms with Crippen LogP contribution in [-0.2, 0) is 19.1 Å². The highest BCUT2D eigenvalue weighted by Gasteiger charge is 2.15. The van der Waals surface area contributed by atoms with Gasteiger partial charge in [-0.05, 0) is 12.1 Å². The molecular formula is C13H16N2O5. The molecule has 0 radical (unpaired) electrons. The number of nitrogens with one attached hydrogen (secondary N) is 1. The fourth-order valence-electron chi connectivity index (χ4n) is 1.41. The Labute approximate surface area is 116 Å². The molecule has 0 aliphatic rings. The van der Waals surface area contributed by atoms with Gasteiger partial charge in [-0.1, -0.05) is 6.07 Å². The number of nitrogens with two attached hydrogens (primary N) is 1. The number of anilines is 2. The molecule has 0 saturated heterocycles. The van der Waals surface area contributed by atoms with Crippen LogP contribution >= 0.6 is 0 Å². The number of hydrogen-bond donors (Lipinski definition) is 2. The van der Waals surface area contributed by atoms with Gasteiger partial charge in [0.15, 0.2) is 0 Å². The summed E-state index contributed by atoms with van der Waals surface area (Å²) >= 11 is 0. The molecule has 0 bridgehead atoms. The molecule has 0 atom stereocenters. The predicted molar refractivity (Wildman–Crippen MR) is 73.1 cm³/mol. The van der Waals surface area contributed by atoms with Crippen LogP contribution in [0.3, 0.4) is 0 Å². The second kappa shape index (κ2) is 7.03. The monoisotopic (exact) mass is 280 g/mol. The van der Waals surface area contributed by atoms with Crippen molar-refractivity contribution in [2.45, 2.75) is 0 Å². The van der Waals surface area contributed by atoms with Crippen molar-refractivity contribution in [2.75, 3.05) is 32.4 Å². The number of methoxy groups -OCH3 is 3. The van der Waals surface area contributed by atoms with E-state index in [0.717, 1.165) is 6.08 Å². The van der Waals surface area contributed by atoms with Gasteiger partial charge < -0.3 is 25.3 Å². The van der Waals surface area contributed by atoms with E-state index in [1.807, 2.05) is 0 Å². The summed E-state index contributed by atoms with van der Waals surface area (Å²) in [6.45, 7) is 0. The predicted octanol–water partition coefficient (Wildman–Crippen LogP) is 0.919. The van der Waals surface area contributed by atoms with Gasteiger partial charge in [-0.15, -0.1) is 0 Å². The third-order valence-electron chi connectivity index (χ3n) is 2.42. The number of benzene rings is 1. The largest absolute Gasteiger partial charge is 0.495 e. The topological polar surface area (TPSA) is 99.9 Å². The van der Waals surface area contributed by atoms with Gasteiger partial charge in [-0.3, -0.25) is 0 Å². The lowest BCUT2D eigenvalue weighted by molar-refractivity contribution is -0.138. The lowest BCUT2D eigenvalue weighted by Gasteiger charge is -2.13. The smallest absolute Gasteiger partial charge is 0.354 e. The van der Waals surface area contributed by atoms with Gasteiger partial charge in [-0.25, -0.2) is 9.59 Å². The van der Waals surface area contributed by atoms with Crippen LogP contribution < -0.4 is 15.8 Å². The molecule has 7 nitrogen and oxygen atoms in total. The average Bonchev–Trinajstić information content (AvgIpc) is 2.47. The van der Waals surface area contributed by atoms with E-state index in [0.29, 0.717) is 17.1 Å². The molecule has 0 heterocycles. The van der Waals surface area contributed by atoms with E-state index in [9.17, 15) is 9.59 Å². The van der Waals surface area contributed by atoms with Gasteiger partial charge in [0.05, 0.1) is 38.8 Å². The van der Waals surface area contributed by atoms with E-state index < -0.39 is 11.9 Å². The van der Waals surface area contributed by atoms with Crippen LogP contribution in [0.4, 0.5) is 11.4 Å². The number of ether oxygens (including phenoxy) is 3. The Morgan fingerprint density at radius 3 is 2.45 bits per heavy atom. The van der Waals surface area contributed by atoms with Gasteiger partial charge in [0.1, 0.15) is 11.4 Å². The Hall–Kier alpha value is -2.70. The van der Waals surface area contributed by atoms with E-state index in [1.54, 1.807) is 18.2 Å². The van der Waals surface area contributed by atoms with Crippen LogP contribution in [0.2, 0.25) is 0 Å². The van der Waals surface area contributed by atoms with Crippen molar-refractivity contribution >= 4 is 23.3 Å². The van der Waals surface area contributed by atoms with Crippen LogP contribution in [0, 0.1) is 0 Å². The highest BCUT2D eigenvalue weighted by atomic mass is 16.5. The van der Waals surface area contributed by atoms with Crippen molar-refractivity contribution in [2.24, 2.45) is 0 Å². The maximum atomic E-state index is 11.6. The fraction of sp³-hybridized carbons (Fsp3) is 0.231. The van der Waals surface area contributed by atoms with Crippen molar-refractivity contribution in [1.29, 1.82) is 0 Å². The third kappa shape index (κ3) is 3.64. The first-order valence-electron chi connectivity index (χ1n) is 5.61. The van der Waals surface area contributed by atoms with Gasteiger partial charge in [0, 0.05) is 0 Å². The second-order valence-corrected chi connectivity index (χ2v) is 3.62. The Morgan fingerprint density at radius 1 is 1.20 bits per heavy atom. The van der Waals surface area contributed by atoms with E-state index in [1.165, 1.54) is 21.3 Å². The van der Waals surface area contributed by atoms with E-state index in [-0.39, 0.29) is 5.70 Å². The minimum atomic E-state index is -0.724. The molecule has 0 unspecified atom stereocenters. The number of carbonyl (C=O) groups is 2. The van der Waals surface area contributed by atoms with Crippen LogP contribution in [0.1, 0.15) is 0 Å². The summed E-state index contributed by atoms with van der Waals surface area (Å²) in [5, 5.41) is 2.72. The molecule has 0 saturated carbocycles. The zero-order valence-corrected chi connectivity index (χ0v) is 11.4. The maximum absolute atomic E-state index is 11.6. The SMILES string of the molecule is COC(=O)/C=C(/Nc1cccc(OC)c1N)C(=O)OC. The maximum Gasteiger partial charge on any atom is 0.354 e. The molecule has 0 aliphatic carbocycles. The van der Waals surface area contributed by atoms with Gasteiger partial charge >= 0.3 is 11.9 Å². The highest BCUT2D eigenvalue weighted by molar-refractivity contribution is 5.99. The Morgan fingerprint density at radius 2 is 1.90 bits per heavy atom. The van der Waals surface area contributed by atoms with Gasteiger partial charge in [0.2, 0.25) is 0 Å². The molecule has 0 aliphatic heterocycles. The molecule has 7 heteroatoms.